The molecule has 0 amide bonds. The van der Waals surface area contributed by atoms with E-state index in [0.29, 0.717) is 0 Å². The van der Waals surface area contributed by atoms with E-state index in [1.54, 1.807) is 13.8 Å². The topological polar surface area (TPSA) is 43.4 Å². The van der Waals surface area contributed by atoms with Crippen molar-refractivity contribution in [1.82, 2.24) is 0 Å². The lowest BCUT2D eigenvalue weighted by molar-refractivity contribution is -0.159. The zero-order valence-corrected chi connectivity index (χ0v) is 9.48. The highest BCUT2D eigenvalue weighted by atomic mass is 32.1. The Labute approximate surface area is 89.0 Å². The average molecular weight is 222 g/mol. The fourth-order valence-corrected chi connectivity index (χ4v) is 0.991. The van der Waals surface area contributed by atoms with Crippen molar-refractivity contribution in [2.75, 3.05) is 0 Å². The summed E-state index contributed by atoms with van der Waals surface area (Å²) in [4.78, 5) is 21.9. The van der Waals surface area contributed by atoms with Gasteiger partial charge in [-0.2, -0.15) is 25.3 Å². The standard InChI is InChI=1S/C8H14O3S2/c1-5(12)3-7(9)11-8(10)4-6(2)13/h5-6,12-13H,3-4H2,1-2H3. The number of rotatable bonds is 4. The number of ether oxygens (including phenoxy) is 1. The average Bonchev–Trinajstić information content (AvgIpc) is 1.80. The second kappa shape index (κ2) is 6.32. The number of esters is 2. The predicted octanol–water partition coefficient (Wildman–Crippen LogP) is 1.47. The van der Waals surface area contributed by atoms with Crippen molar-refractivity contribution in [3.05, 3.63) is 0 Å². The van der Waals surface area contributed by atoms with E-state index in [9.17, 15) is 9.59 Å². The molecule has 0 aliphatic rings. The Bertz CT molecular complexity index is 170. The van der Waals surface area contributed by atoms with Gasteiger partial charge in [0, 0.05) is 10.5 Å². The summed E-state index contributed by atoms with van der Waals surface area (Å²) in [7, 11) is 0. The SMILES string of the molecule is CC(S)CC(=O)OC(=O)CC(C)S. The van der Waals surface area contributed by atoms with Crippen LogP contribution in [-0.2, 0) is 14.3 Å². The van der Waals surface area contributed by atoms with Crippen molar-refractivity contribution in [1.29, 1.82) is 0 Å². The van der Waals surface area contributed by atoms with Crippen LogP contribution in [0.5, 0.6) is 0 Å². The molecule has 0 aromatic heterocycles. The third-order valence-electron chi connectivity index (χ3n) is 1.15. The lowest BCUT2D eigenvalue weighted by Crippen LogP contribution is -2.16. The molecule has 3 nitrogen and oxygen atoms in total. The summed E-state index contributed by atoms with van der Waals surface area (Å²) in [6, 6.07) is 0. The Morgan fingerprint density at radius 1 is 1.08 bits per heavy atom. The van der Waals surface area contributed by atoms with Gasteiger partial charge in [-0.25, -0.2) is 0 Å². The molecule has 0 saturated carbocycles. The number of carbonyl (C=O) groups excluding carboxylic acids is 2. The molecule has 0 rings (SSSR count). The number of thiol groups is 2. The van der Waals surface area contributed by atoms with Crippen LogP contribution in [0.1, 0.15) is 26.7 Å². The highest BCUT2D eigenvalue weighted by Gasteiger charge is 2.13. The minimum atomic E-state index is -0.526. The van der Waals surface area contributed by atoms with Gasteiger partial charge in [-0.15, -0.1) is 0 Å². The van der Waals surface area contributed by atoms with E-state index in [-0.39, 0.29) is 23.3 Å². The molecular formula is C8H14O3S2. The van der Waals surface area contributed by atoms with Crippen LogP contribution >= 0.6 is 25.3 Å². The molecule has 2 unspecified atom stereocenters. The van der Waals surface area contributed by atoms with E-state index in [0.717, 1.165) is 0 Å². The van der Waals surface area contributed by atoms with Crippen LogP contribution in [0.2, 0.25) is 0 Å². The van der Waals surface area contributed by atoms with E-state index >= 15 is 0 Å². The zero-order valence-electron chi connectivity index (χ0n) is 7.69. The highest BCUT2D eigenvalue weighted by Crippen LogP contribution is 2.04. The van der Waals surface area contributed by atoms with Crippen LogP contribution in [0.3, 0.4) is 0 Å². The van der Waals surface area contributed by atoms with Crippen molar-refractivity contribution >= 4 is 37.2 Å². The molecule has 0 heterocycles. The molecule has 0 bridgehead atoms. The fourth-order valence-electron chi connectivity index (χ4n) is 0.693. The maximum Gasteiger partial charge on any atom is 0.314 e. The quantitative estimate of drug-likeness (QED) is 0.430. The van der Waals surface area contributed by atoms with Gasteiger partial charge in [0.1, 0.15) is 0 Å². The third kappa shape index (κ3) is 8.18. The first-order chi connectivity index (χ1) is 5.91. The minimum absolute atomic E-state index is 0.0891. The van der Waals surface area contributed by atoms with Crippen molar-refractivity contribution < 1.29 is 14.3 Å². The van der Waals surface area contributed by atoms with Crippen molar-refractivity contribution in [2.45, 2.75) is 37.2 Å². The van der Waals surface area contributed by atoms with Gasteiger partial charge in [-0.1, -0.05) is 13.8 Å². The molecule has 13 heavy (non-hydrogen) atoms. The van der Waals surface area contributed by atoms with Gasteiger partial charge in [0.05, 0.1) is 12.8 Å². The van der Waals surface area contributed by atoms with Crippen LogP contribution in [-0.4, -0.2) is 22.4 Å². The van der Waals surface area contributed by atoms with E-state index in [2.05, 4.69) is 30.0 Å². The number of hydrogen-bond donors (Lipinski definition) is 2. The number of carbonyl (C=O) groups is 2. The predicted molar refractivity (Wildman–Crippen MR) is 57.2 cm³/mol. The normalized spacial score (nSPS) is 14.8. The van der Waals surface area contributed by atoms with E-state index in [1.165, 1.54) is 0 Å². The second-order valence-corrected chi connectivity index (χ2v) is 4.72. The maximum atomic E-state index is 10.9. The fraction of sp³-hybridized carbons (Fsp3) is 0.750. The van der Waals surface area contributed by atoms with Crippen LogP contribution in [0.15, 0.2) is 0 Å². The monoisotopic (exact) mass is 222 g/mol. The lowest BCUT2D eigenvalue weighted by Gasteiger charge is -2.05. The summed E-state index contributed by atoms with van der Waals surface area (Å²) in [5.74, 6) is -1.05. The van der Waals surface area contributed by atoms with E-state index in [4.69, 9.17) is 0 Å². The summed E-state index contributed by atoms with van der Waals surface area (Å²) in [6.07, 6.45) is 0.297. The van der Waals surface area contributed by atoms with Crippen molar-refractivity contribution in [2.24, 2.45) is 0 Å². The largest absolute Gasteiger partial charge is 0.393 e. The summed E-state index contributed by atoms with van der Waals surface area (Å²) in [5.41, 5.74) is 0. The Kier molecular flexibility index (Phi) is 6.24. The summed E-state index contributed by atoms with van der Waals surface area (Å²) in [6.45, 7) is 3.52. The summed E-state index contributed by atoms with van der Waals surface area (Å²) < 4.78 is 4.50. The Balaban J connectivity index is 3.72. The lowest BCUT2D eigenvalue weighted by atomic mass is 10.3. The van der Waals surface area contributed by atoms with E-state index in [1.807, 2.05) is 0 Å². The molecular weight excluding hydrogens is 208 g/mol. The molecule has 0 fully saturated rings. The Morgan fingerprint density at radius 3 is 1.62 bits per heavy atom. The van der Waals surface area contributed by atoms with Gasteiger partial charge in [-0.05, 0) is 0 Å². The van der Waals surface area contributed by atoms with Crippen molar-refractivity contribution in [3.63, 3.8) is 0 Å². The first kappa shape index (κ1) is 12.8. The van der Waals surface area contributed by atoms with Crippen LogP contribution < -0.4 is 0 Å². The summed E-state index contributed by atoms with van der Waals surface area (Å²) >= 11 is 8.00. The van der Waals surface area contributed by atoms with Gasteiger partial charge in [0.25, 0.3) is 0 Å². The van der Waals surface area contributed by atoms with Gasteiger partial charge in [-0.3, -0.25) is 9.59 Å². The maximum absolute atomic E-state index is 10.9. The van der Waals surface area contributed by atoms with Gasteiger partial charge < -0.3 is 4.74 Å². The first-order valence-electron chi connectivity index (χ1n) is 4.01. The van der Waals surface area contributed by atoms with Gasteiger partial charge in [0.2, 0.25) is 0 Å². The zero-order chi connectivity index (χ0) is 10.4. The molecule has 0 spiro atoms. The van der Waals surface area contributed by atoms with Crippen LogP contribution in [0, 0.1) is 0 Å². The van der Waals surface area contributed by atoms with Crippen LogP contribution in [0.25, 0.3) is 0 Å². The Hall–Kier alpha value is -0.160. The molecule has 0 aromatic carbocycles. The molecule has 0 aromatic rings. The molecule has 0 radical (unpaired) electrons. The minimum Gasteiger partial charge on any atom is -0.393 e. The molecule has 2 atom stereocenters. The smallest absolute Gasteiger partial charge is 0.314 e. The Morgan fingerprint density at radius 2 is 1.38 bits per heavy atom. The molecule has 76 valence electrons. The van der Waals surface area contributed by atoms with Gasteiger partial charge >= 0.3 is 11.9 Å². The van der Waals surface area contributed by atoms with Gasteiger partial charge in [0.15, 0.2) is 0 Å². The highest BCUT2D eigenvalue weighted by molar-refractivity contribution is 7.81. The molecule has 0 saturated heterocycles. The molecule has 0 aliphatic carbocycles. The first-order valence-corrected chi connectivity index (χ1v) is 5.04. The molecule has 0 aliphatic heterocycles. The molecule has 5 heteroatoms. The molecule has 0 N–H and O–H groups in total. The van der Waals surface area contributed by atoms with Crippen LogP contribution in [0.4, 0.5) is 0 Å². The second-order valence-electron chi connectivity index (χ2n) is 2.95. The number of hydrogen-bond acceptors (Lipinski definition) is 5. The van der Waals surface area contributed by atoms with Crippen molar-refractivity contribution in [3.8, 4) is 0 Å². The van der Waals surface area contributed by atoms with E-state index < -0.39 is 11.9 Å². The summed E-state index contributed by atoms with van der Waals surface area (Å²) in [5, 5.41) is -0.178. The third-order valence-corrected chi connectivity index (χ3v) is 1.52.